The summed E-state index contributed by atoms with van der Waals surface area (Å²) in [5.74, 6) is 0. The van der Waals surface area contributed by atoms with Crippen LogP contribution in [0, 0.1) is 17.0 Å². The van der Waals surface area contributed by atoms with Gasteiger partial charge in [-0.15, -0.1) is 0 Å². The van der Waals surface area contributed by atoms with E-state index in [1.54, 1.807) is 24.0 Å². The molecule has 2 aliphatic rings. The third kappa shape index (κ3) is 4.26. The van der Waals surface area contributed by atoms with Crippen LogP contribution >= 0.6 is 0 Å². The lowest BCUT2D eigenvalue weighted by Crippen LogP contribution is -2.51. The zero-order chi connectivity index (χ0) is 17.8. The third-order valence-corrected chi connectivity index (χ3v) is 4.89. The van der Waals surface area contributed by atoms with Gasteiger partial charge in [0.2, 0.25) is 0 Å². The lowest BCUT2D eigenvalue weighted by molar-refractivity contribution is -0.385. The number of nitrogens with one attached hydrogen (secondary N) is 1. The molecular weight excluding hydrogens is 324 g/mol. The molecule has 2 aliphatic heterocycles. The summed E-state index contributed by atoms with van der Waals surface area (Å²) >= 11 is 0. The largest absolute Gasteiger partial charge is 0.377 e. The molecule has 1 unspecified atom stereocenters. The fourth-order valence-corrected chi connectivity index (χ4v) is 3.36. The molecule has 1 N–H and O–H groups in total. The van der Waals surface area contributed by atoms with Gasteiger partial charge in [-0.1, -0.05) is 6.07 Å². The second kappa shape index (κ2) is 7.79. The summed E-state index contributed by atoms with van der Waals surface area (Å²) < 4.78 is 5.66. The van der Waals surface area contributed by atoms with Crippen molar-refractivity contribution in [2.24, 2.45) is 0 Å². The van der Waals surface area contributed by atoms with Crippen molar-refractivity contribution in [3.8, 4) is 0 Å². The maximum Gasteiger partial charge on any atom is 0.321 e. The number of nitro groups is 1. The highest BCUT2D eigenvalue weighted by Gasteiger charge is 2.25. The molecule has 1 aromatic rings. The van der Waals surface area contributed by atoms with Crippen molar-refractivity contribution >= 4 is 17.4 Å². The Kier molecular flexibility index (Phi) is 5.50. The van der Waals surface area contributed by atoms with Gasteiger partial charge in [0, 0.05) is 45.4 Å². The van der Waals surface area contributed by atoms with E-state index in [1.807, 2.05) is 0 Å². The first kappa shape index (κ1) is 17.6. The monoisotopic (exact) mass is 348 g/mol. The van der Waals surface area contributed by atoms with Crippen molar-refractivity contribution in [2.75, 3.05) is 44.6 Å². The van der Waals surface area contributed by atoms with Crippen LogP contribution in [0.25, 0.3) is 0 Å². The van der Waals surface area contributed by atoms with Crippen molar-refractivity contribution in [1.82, 2.24) is 9.80 Å². The lowest BCUT2D eigenvalue weighted by atomic mass is 10.1. The molecular formula is C17H24N4O4. The molecule has 25 heavy (non-hydrogen) atoms. The molecule has 2 saturated heterocycles. The van der Waals surface area contributed by atoms with Gasteiger partial charge < -0.3 is 15.0 Å². The number of nitrogens with zero attached hydrogens (tertiary/aromatic N) is 3. The fraction of sp³-hybridized carbons (Fsp3) is 0.588. The summed E-state index contributed by atoms with van der Waals surface area (Å²) in [7, 11) is 0. The Morgan fingerprint density at radius 2 is 2.12 bits per heavy atom. The Labute approximate surface area is 146 Å². The minimum absolute atomic E-state index is 0.0131. The molecule has 0 bridgehead atoms. The molecule has 0 aromatic heterocycles. The zero-order valence-electron chi connectivity index (χ0n) is 14.4. The number of piperazine rings is 1. The Balaban J connectivity index is 1.53. The molecule has 2 amide bonds. The predicted octanol–water partition coefficient (Wildman–Crippen LogP) is 2.23. The minimum atomic E-state index is -0.436. The molecule has 0 saturated carbocycles. The van der Waals surface area contributed by atoms with E-state index in [9.17, 15) is 14.9 Å². The van der Waals surface area contributed by atoms with Gasteiger partial charge >= 0.3 is 6.03 Å². The van der Waals surface area contributed by atoms with Crippen LogP contribution in [0.15, 0.2) is 18.2 Å². The maximum absolute atomic E-state index is 12.5. The van der Waals surface area contributed by atoms with Gasteiger partial charge in [-0.2, -0.15) is 0 Å². The van der Waals surface area contributed by atoms with Crippen LogP contribution in [0.2, 0.25) is 0 Å². The first-order valence-electron chi connectivity index (χ1n) is 8.68. The topological polar surface area (TPSA) is 88.0 Å². The second-order valence-electron chi connectivity index (χ2n) is 6.56. The van der Waals surface area contributed by atoms with E-state index in [2.05, 4.69) is 10.2 Å². The van der Waals surface area contributed by atoms with Gasteiger partial charge in [0.1, 0.15) is 0 Å². The van der Waals surface area contributed by atoms with E-state index in [0.717, 1.165) is 39.1 Å². The van der Waals surface area contributed by atoms with Crippen molar-refractivity contribution < 1.29 is 14.5 Å². The quantitative estimate of drug-likeness (QED) is 0.666. The average molecular weight is 348 g/mol. The van der Waals surface area contributed by atoms with Crippen molar-refractivity contribution in [3.63, 3.8) is 0 Å². The van der Waals surface area contributed by atoms with E-state index < -0.39 is 4.92 Å². The number of urea groups is 1. The number of hydrogen-bond donors (Lipinski definition) is 1. The summed E-state index contributed by atoms with van der Waals surface area (Å²) in [5, 5.41) is 13.8. The van der Waals surface area contributed by atoms with Crippen LogP contribution in [0.3, 0.4) is 0 Å². The number of amides is 2. The highest BCUT2D eigenvalue weighted by molar-refractivity contribution is 5.90. The van der Waals surface area contributed by atoms with Crippen LogP contribution < -0.4 is 5.32 Å². The number of ether oxygens (including phenoxy) is 1. The average Bonchev–Trinajstić information content (AvgIpc) is 3.10. The zero-order valence-corrected chi connectivity index (χ0v) is 14.4. The van der Waals surface area contributed by atoms with Crippen LogP contribution in [0.5, 0.6) is 0 Å². The molecule has 1 atom stereocenters. The van der Waals surface area contributed by atoms with E-state index in [-0.39, 0.29) is 11.7 Å². The Morgan fingerprint density at radius 3 is 2.76 bits per heavy atom. The molecule has 8 heteroatoms. The van der Waals surface area contributed by atoms with E-state index in [0.29, 0.717) is 30.4 Å². The number of hydrogen-bond acceptors (Lipinski definition) is 5. The van der Waals surface area contributed by atoms with Gasteiger partial charge in [-0.25, -0.2) is 4.79 Å². The second-order valence-corrected chi connectivity index (χ2v) is 6.56. The molecule has 8 nitrogen and oxygen atoms in total. The molecule has 0 radical (unpaired) electrons. The predicted molar refractivity (Wildman–Crippen MR) is 93.8 cm³/mol. The van der Waals surface area contributed by atoms with Crippen molar-refractivity contribution in [2.45, 2.75) is 25.9 Å². The summed E-state index contributed by atoms with van der Waals surface area (Å²) in [5.41, 5.74) is 0.970. The Hall–Kier alpha value is -2.19. The molecule has 0 aliphatic carbocycles. The van der Waals surface area contributed by atoms with Crippen LogP contribution in [0.4, 0.5) is 16.2 Å². The maximum atomic E-state index is 12.5. The SMILES string of the molecule is Cc1c(NC(=O)N2CCN(CC3CCCO3)CC2)cccc1[N+](=O)[O-]. The minimum Gasteiger partial charge on any atom is -0.377 e. The van der Waals surface area contributed by atoms with Gasteiger partial charge in [-0.3, -0.25) is 15.0 Å². The number of rotatable bonds is 4. The van der Waals surface area contributed by atoms with Crippen molar-refractivity contribution in [3.05, 3.63) is 33.9 Å². The van der Waals surface area contributed by atoms with Crippen LogP contribution in [-0.4, -0.2) is 66.2 Å². The summed E-state index contributed by atoms with van der Waals surface area (Å²) in [6.07, 6.45) is 2.58. The highest BCUT2D eigenvalue weighted by atomic mass is 16.6. The molecule has 2 heterocycles. The molecule has 3 rings (SSSR count). The molecule has 136 valence electrons. The van der Waals surface area contributed by atoms with Crippen LogP contribution in [0.1, 0.15) is 18.4 Å². The summed E-state index contributed by atoms with van der Waals surface area (Å²) in [6, 6.07) is 4.50. The molecule has 2 fully saturated rings. The number of nitro benzene ring substituents is 1. The Morgan fingerprint density at radius 1 is 1.36 bits per heavy atom. The number of anilines is 1. The first-order chi connectivity index (χ1) is 12.0. The Bertz CT molecular complexity index is 638. The van der Waals surface area contributed by atoms with Crippen molar-refractivity contribution in [1.29, 1.82) is 0 Å². The third-order valence-electron chi connectivity index (χ3n) is 4.89. The lowest BCUT2D eigenvalue weighted by Gasteiger charge is -2.35. The molecule has 0 spiro atoms. The van der Waals surface area contributed by atoms with E-state index >= 15 is 0 Å². The smallest absolute Gasteiger partial charge is 0.321 e. The van der Waals surface area contributed by atoms with Gasteiger partial charge in [-0.05, 0) is 25.8 Å². The first-order valence-corrected chi connectivity index (χ1v) is 8.68. The summed E-state index contributed by atoms with van der Waals surface area (Å²) in [4.78, 5) is 27.1. The number of carbonyl (C=O) groups is 1. The van der Waals surface area contributed by atoms with Gasteiger partial charge in [0.25, 0.3) is 5.69 Å². The van der Waals surface area contributed by atoms with Gasteiger partial charge in [0.15, 0.2) is 0 Å². The molecule has 1 aromatic carbocycles. The van der Waals surface area contributed by atoms with E-state index in [1.165, 1.54) is 6.07 Å². The standard InChI is InChI=1S/C17H24N4O4/c1-13-15(5-2-6-16(13)21(23)24)18-17(22)20-9-7-19(8-10-20)12-14-4-3-11-25-14/h2,5-6,14H,3-4,7-12H2,1H3,(H,18,22). The number of carbonyl (C=O) groups excluding carboxylic acids is 1. The fourth-order valence-electron chi connectivity index (χ4n) is 3.36. The van der Waals surface area contributed by atoms with Crippen LogP contribution in [-0.2, 0) is 4.74 Å². The number of benzene rings is 1. The highest BCUT2D eigenvalue weighted by Crippen LogP contribution is 2.25. The van der Waals surface area contributed by atoms with E-state index in [4.69, 9.17) is 4.74 Å². The normalized spacial score (nSPS) is 21.3. The summed E-state index contributed by atoms with van der Waals surface area (Å²) in [6.45, 7) is 6.36. The van der Waals surface area contributed by atoms with Gasteiger partial charge in [0.05, 0.1) is 22.3 Å².